The number of benzene rings is 2. The van der Waals surface area contributed by atoms with Crippen LogP contribution in [0.1, 0.15) is 13.3 Å². The summed E-state index contributed by atoms with van der Waals surface area (Å²) < 4.78 is 7.51. The zero-order chi connectivity index (χ0) is 16.5. The smallest absolute Gasteiger partial charge is 0.128 e. The monoisotopic (exact) mass is 331 g/mol. The summed E-state index contributed by atoms with van der Waals surface area (Å²) in [5.41, 5.74) is 3.95. The molecule has 4 aromatic rings. The van der Waals surface area contributed by atoms with Crippen LogP contribution in [0.15, 0.2) is 67.0 Å². The van der Waals surface area contributed by atoms with Gasteiger partial charge >= 0.3 is 0 Å². The number of ether oxygens (including phenoxy) is 1. The molecular formula is C21H21N3O. The maximum Gasteiger partial charge on any atom is 0.128 e. The summed E-state index contributed by atoms with van der Waals surface area (Å²) in [6.45, 7) is 1.99. The van der Waals surface area contributed by atoms with Crippen LogP contribution in [0.5, 0.6) is 5.75 Å². The fourth-order valence-corrected chi connectivity index (χ4v) is 2.92. The van der Waals surface area contributed by atoms with Crippen molar-refractivity contribution in [2.45, 2.75) is 14.4 Å². The molecule has 0 amide bonds. The average Bonchev–Trinajstić information content (AvgIpc) is 3.06. The molecule has 2 aromatic heterocycles. The molecular weight excluding hydrogens is 310 g/mol. The van der Waals surface area contributed by atoms with Crippen LogP contribution in [0.25, 0.3) is 27.8 Å². The van der Waals surface area contributed by atoms with Crippen molar-refractivity contribution in [3.63, 3.8) is 0 Å². The number of pyridine rings is 1. The largest absolute Gasteiger partial charge is 0.496 e. The number of para-hydroxylation sites is 1. The highest BCUT2D eigenvalue weighted by molar-refractivity contribution is 5.84. The maximum absolute atomic E-state index is 5.44. The van der Waals surface area contributed by atoms with Crippen LogP contribution in [-0.2, 0) is 0 Å². The predicted octanol–water partition coefficient (Wildman–Crippen LogP) is 5.04. The van der Waals surface area contributed by atoms with E-state index in [1.807, 2.05) is 55.7 Å². The van der Waals surface area contributed by atoms with Crippen molar-refractivity contribution in [1.82, 2.24) is 14.5 Å². The highest BCUT2D eigenvalue weighted by Gasteiger charge is 2.08. The summed E-state index contributed by atoms with van der Waals surface area (Å²) in [6.07, 6.45) is 3.77. The third-order valence-corrected chi connectivity index (χ3v) is 4.16. The first-order valence-electron chi connectivity index (χ1n) is 7.81. The van der Waals surface area contributed by atoms with E-state index < -0.39 is 0 Å². The summed E-state index contributed by atoms with van der Waals surface area (Å²) in [4.78, 5) is 9.07. The molecule has 0 aliphatic rings. The Balaban J connectivity index is 0.00000182. The fraction of sp³-hybridized carbons (Fsp3) is 0.143. The molecule has 25 heavy (non-hydrogen) atoms. The van der Waals surface area contributed by atoms with Gasteiger partial charge in [-0.15, -0.1) is 0 Å². The topological polar surface area (TPSA) is 39.9 Å². The number of rotatable bonds is 3. The van der Waals surface area contributed by atoms with Gasteiger partial charge in [-0.05, 0) is 43.3 Å². The van der Waals surface area contributed by atoms with Crippen molar-refractivity contribution in [2.75, 3.05) is 7.11 Å². The van der Waals surface area contributed by atoms with Crippen LogP contribution in [0.2, 0.25) is 0 Å². The quantitative estimate of drug-likeness (QED) is 0.528. The number of imidazole rings is 1. The van der Waals surface area contributed by atoms with E-state index >= 15 is 0 Å². The Bertz CT molecular complexity index is 1020. The van der Waals surface area contributed by atoms with Crippen LogP contribution in [0, 0.1) is 6.92 Å². The SMILES string of the molecule is C.COc1ccccc1-c1ccc2cc(-n3ccnc3C)ccc2n1. The van der Waals surface area contributed by atoms with Gasteiger partial charge in [0.1, 0.15) is 11.6 Å². The third kappa shape index (κ3) is 2.98. The minimum absolute atomic E-state index is 0. The van der Waals surface area contributed by atoms with Crippen molar-refractivity contribution in [3.05, 3.63) is 72.8 Å². The van der Waals surface area contributed by atoms with Crippen molar-refractivity contribution in [3.8, 4) is 22.7 Å². The minimum atomic E-state index is 0. The molecule has 0 fully saturated rings. The molecule has 2 heterocycles. The lowest BCUT2D eigenvalue weighted by Gasteiger charge is -2.10. The lowest BCUT2D eigenvalue weighted by atomic mass is 10.1. The van der Waals surface area contributed by atoms with Gasteiger partial charge in [0.25, 0.3) is 0 Å². The summed E-state index contributed by atoms with van der Waals surface area (Å²) >= 11 is 0. The molecule has 0 spiro atoms. The second-order valence-corrected chi connectivity index (χ2v) is 5.62. The molecule has 0 unspecified atom stereocenters. The van der Waals surface area contributed by atoms with Gasteiger partial charge in [-0.25, -0.2) is 9.97 Å². The normalized spacial score (nSPS) is 10.5. The Hall–Kier alpha value is -3.14. The van der Waals surface area contributed by atoms with Gasteiger partial charge in [0, 0.05) is 29.0 Å². The molecule has 0 aliphatic heterocycles. The molecule has 126 valence electrons. The number of methoxy groups -OCH3 is 1. The summed E-state index contributed by atoms with van der Waals surface area (Å²) in [5, 5.41) is 1.10. The van der Waals surface area contributed by atoms with E-state index in [4.69, 9.17) is 9.72 Å². The van der Waals surface area contributed by atoms with Crippen molar-refractivity contribution in [2.24, 2.45) is 0 Å². The number of nitrogens with zero attached hydrogens (tertiary/aromatic N) is 3. The Kier molecular flexibility index (Phi) is 4.52. The van der Waals surface area contributed by atoms with E-state index in [0.29, 0.717) is 0 Å². The Morgan fingerprint density at radius 2 is 1.84 bits per heavy atom. The van der Waals surface area contributed by atoms with Gasteiger partial charge in [0.05, 0.1) is 18.3 Å². The van der Waals surface area contributed by atoms with Crippen LogP contribution >= 0.6 is 0 Å². The van der Waals surface area contributed by atoms with Gasteiger partial charge in [-0.2, -0.15) is 0 Å². The third-order valence-electron chi connectivity index (χ3n) is 4.16. The van der Waals surface area contributed by atoms with Crippen molar-refractivity contribution >= 4 is 10.9 Å². The van der Waals surface area contributed by atoms with E-state index in [-0.39, 0.29) is 7.43 Å². The molecule has 0 N–H and O–H groups in total. The highest BCUT2D eigenvalue weighted by Crippen LogP contribution is 2.30. The first-order chi connectivity index (χ1) is 11.8. The molecule has 0 saturated carbocycles. The standard InChI is InChI=1S/C20H17N3O.CH4/c1-14-21-11-12-23(14)16-8-10-18-15(13-16)7-9-19(22-18)17-5-3-4-6-20(17)24-2;/h3-13H,1-2H3;1H4. The average molecular weight is 331 g/mol. The van der Waals surface area contributed by atoms with Crippen LogP contribution in [0.3, 0.4) is 0 Å². The van der Waals surface area contributed by atoms with Crippen molar-refractivity contribution < 1.29 is 4.74 Å². The second-order valence-electron chi connectivity index (χ2n) is 5.62. The van der Waals surface area contributed by atoms with Gasteiger partial charge in [0.2, 0.25) is 0 Å². The van der Waals surface area contributed by atoms with Gasteiger partial charge in [-0.3, -0.25) is 0 Å². The summed E-state index contributed by atoms with van der Waals surface area (Å²) in [7, 11) is 1.68. The molecule has 4 heteroatoms. The van der Waals surface area contributed by atoms with E-state index in [1.54, 1.807) is 7.11 Å². The van der Waals surface area contributed by atoms with Crippen LogP contribution in [-0.4, -0.2) is 21.6 Å². The fourth-order valence-electron chi connectivity index (χ4n) is 2.92. The lowest BCUT2D eigenvalue weighted by molar-refractivity contribution is 0.416. The first kappa shape index (κ1) is 16.7. The number of hydrogen-bond donors (Lipinski definition) is 0. The molecule has 2 aromatic carbocycles. The lowest BCUT2D eigenvalue weighted by Crippen LogP contribution is -1.96. The Morgan fingerprint density at radius 3 is 2.60 bits per heavy atom. The van der Waals surface area contributed by atoms with Crippen molar-refractivity contribution in [1.29, 1.82) is 0 Å². The Morgan fingerprint density at radius 1 is 1.00 bits per heavy atom. The molecule has 0 saturated heterocycles. The zero-order valence-electron chi connectivity index (χ0n) is 13.6. The minimum Gasteiger partial charge on any atom is -0.496 e. The van der Waals surface area contributed by atoms with E-state index in [0.717, 1.165) is 39.4 Å². The molecule has 4 nitrogen and oxygen atoms in total. The molecule has 0 bridgehead atoms. The number of aromatic nitrogens is 3. The van der Waals surface area contributed by atoms with Crippen LogP contribution in [0.4, 0.5) is 0 Å². The van der Waals surface area contributed by atoms with E-state index in [2.05, 4.69) is 27.8 Å². The van der Waals surface area contributed by atoms with Crippen LogP contribution < -0.4 is 4.74 Å². The van der Waals surface area contributed by atoms with Gasteiger partial charge in [0.15, 0.2) is 0 Å². The highest BCUT2D eigenvalue weighted by atomic mass is 16.5. The number of fused-ring (bicyclic) bond motifs is 1. The predicted molar refractivity (Wildman–Crippen MR) is 102 cm³/mol. The van der Waals surface area contributed by atoms with E-state index in [9.17, 15) is 0 Å². The maximum atomic E-state index is 5.44. The molecule has 0 radical (unpaired) electrons. The second kappa shape index (κ2) is 6.77. The Labute approximate surface area is 147 Å². The molecule has 4 rings (SSSR count). The van der Waals surface area contributed by atoms with Gasteiger partial charge in [-0.1, -0.05) is 25.6 Å². The first-order valence-corrected chi connectivity index (χ1v) is 7.81. The zero-order valence-corrected chi connectivity index (χ0v) is 13.6. The van der Waals surface area contributed by atoms with E-state index in [1.165, 1.54) is 0 Å². The molecule has 0 atom stereocenters. The summed E-state index contributed by atoms with van der Waals surface area (Å²) in [5.74, 6) is 1.79. The number of hydrogen-bond acceptors (Lipinski definition) is 3. The number of aryl methyl sites for hydroxylation is 1. The van der Waals surface area contributed by atoms with Gasteiger partial charge < -0.3 is 9.30 Å². The molecule has 0 aliphatic carbocycles. The summed E-state index contributed by atoms with van der Waals surface area (Å²) in [6, 6.07) is 18.3.